The summed E-state index contributed by atoms with van der Waals surface area (Å²) in [4.78, 5) is 11.9. The van der Waals surface area contributed by atoms with Crippen LogP contribution in [0.1, 0.15) is 23.3 Å². The number of amides is 1. The molecule has 1 aliphatic carbocycles. The van der Waals surface area contributed by atoms with Gasteiger partial charge in [-0.05, 0) is 25.0 Å². The molecule has 1 amide bonds. The third-order valence-corrected chi connectivity index (χ3v) is 2.90. The summed E-state index contributed by atoms with van der Waals surface area (Å²) in [6.07, 6.45) is 2.14. The first-order valence-corrected chi connectivity index (χ1v) is 5.61. The van der Waals surface area contributed by atoms with E-state index >= 15 is 0 Å². The minimum absolute atomic E-state index is 0.107. The predicted octanol–water partition coefficient (Wildman–Crippen LogP) is 1.46. The molecule has 0 radical (unpaired) electrons. The van der Waals surface area contributed by atoms with Gasteiger partial charge in [-0.2, -0.15) is 5.10 Å². The maximum absolute atomic E-state index is 11.9. The molecule has 1 heterocycles. The average Bonchev–Trinajstić information content (AvgIpc) is 3.05. The fourth-order valence-electron chi connectivity index (χ4n) is 1.78. The molecule has 1 aromatic heterocycles. The molecule has 0 atom stereocenters. The van der Waals surface area contributed by atoms with Crippen LogP contribution in [-0.4, -0.2) is 29.3 Å². The number of rotatable bonds is 3. The highest BCUT2D eigenvalue weighted by atomic mass is 16.5. The molecule has 3 rings (SSSR count). The monoisotopic (exact) mass is 231 g/mol. The van der Waals surface area contributed by atoms with Crippen LogP contribution in [0.4, 0.5) is 0 Å². The Morgan fingerprint density at radius 3 is 3.06 bits per heavy atom. The van der Waals surface area contributed by atoms with E-state index in [1.54, 1.807) is 7.11 Å². The van der Waals surface area contributed by atoms with Crippen LogP contribution in [0.15, 0.2) is 18.2 Å². The number of aromatic nitrogens is 2. The molecule has 2 N–H and O–H groups in total. The summed E-state index contributed by atoms with van der Waals surface area (Å²) in [5.41, 5.74) is 1.26. The summed E-state index contributed by atoms with van der Waals surface area (Å²) in [5.74, 6) is 0.638. The third-order valence-electron chi connectivity index (χ3n) is 2.90. The first-order valence-electron chi connectivity index (χ1n) is 5.61. The number of nitrogens with zero attached hydrogens (tertiary/aromatic N) is 1. The van der Waals surface area contributed by atoms with Crippen LogP contribution >= 0.6 is 0 Å². The van der Waals surface area contributed by atoms with Gasteiger partial charge < -0.3 is 10.1 Å². The summed E-state index contributed by atoms with van der Waals surface area (Å²) < 4.78 is 5.12. The number of H-pyrrole nitrogens is 1. The smallest absolute Gasteiger partial charge is 0.272 e. The second-order valence-electron chi connectivity index (χ2n) is 4.23. The Morgan fingerprint density at radius 1 is 1.53 bits per heavy atom. The zero-order chi connectivity index (χ0) is 11.8. The number of hydrogen-bond acceptors (Lipinski definition) is 3. The van der Waals surface area contributed by atoms with Crippen molar-refractivity contribution >= 4 is 16.8 Å². The van der Waals surface area contributed by atoms with Crippen molar-refractivity contribution in [2.45, 2.75) is 18.9 Å². The highest BCUT2D eigenvalue weighted by molar-refractivity contribution is 6.05. The summed E-state index contributed by atoms with van der Waals surface area (Å²) in [7, 11) is 1.61. The number of fused-ring (bicyclic) bond motifs is 1. The quantitative estimate of drug-likeness (QED) is 0.840. The molecule has 5 nitrogen and oxygen atoms in total. The Morgan fingerprint density at radius 2 is 2.35 bits per heavy atom. The molecule has 2 aromatic rings. The van der Waals surface area contributed by atoms with E-state index in [0.717, 1.165) is 29.5 Å². The van der Waals surface area contributed by atoms with Crippen molar-refractivity contribution in [2.24, 2.45) is 0 Å². The topological polar surface area (TPSA) is 67.0 Å². The van der Waals surface area contributed by atoms with Crippen LogP contribution in [0.3, 0.4) is 0 Å². The first-order chi connectivity index (χ1) is 8.28. The molecule has 1 aromatic carbocycles. The van der Waals surface area contributed by atoms with Gasteiger partial charge in [-0.3, -0.25) is 9.89 Å². The van der Waals surface area contributed by atoms with Crippen molar-refractivity contribution in [3.05, 3.63) is 23.9 Å². The number of hydrogen-bond donors (Lipinski definition) is 2. The van der Waals surface area contributed by atoms with Crippen molar-refractivity contribution < 1.29 is 9.53 Å². The molecule has 88 valence electrons. The number of methoxy groups -OCH3 is 1. The van der Waals surface area contributed by atoms with Gasteiger partial charge in [0.25, 0.3) is 5.91 Å². The fraction of sp³-hybridized carbons (Fsp3) is 0.333. The first kappa shape index (κ1) is 10.1. The fourth-order valence-corrected chi connectivity index (χ4v) is 1.78. The van der Waals surface area contributed by atoms with E-state index in [1.807, 2.05) is 18.2 Å². The minimum atomic E-state index is -0.107. The molecule has 0 bridgehead atoms. The molecule has 0 saturated heterocycles. The Bertz CT molecular complexity index is 572. The third kappa shape index (κ3) is 1.84. The number of ether oxygens (including phenoxy) is 1. The lowest BCUT2D eigenvalue weighted by molar-refractivity contribution is 0.0947. The van der Waals surface area contributed by atoms with Crippen LogP contribution in [0.5, 0.6) is 5.75 Å². The van der Waals surface area contributed by atoms with Gasteiger partial charge >= 0.3 is 0 Å². The molecule has 1 fully saturated rings. The molecule has 17 heavy (non-hydrogen) atoms. The molecular weight excluding hydrogens is 218 g/mol. The van der Waals surface area contributed by atoms with E-state index in [0.29, 0.717) is 11.7 Å². The van der Waals surface area contributed by atoms with Gasteiger partial charge in [0.2, 0.25) is 0 Å². The molecule has 5 heteroatoms. The van der Waals surface area contributed by atoms with E-state index in [4.69, 9.17) is 4.74 Å². The molecule has 0 aliphatic heterocycles. The Balaban J connectivity index is 1.96. The lowest BCUT2D eigenvalue weighted by Crippen LogP contribution is -2.25. The van der Waals surface area contributed by atoms with Gasteiger partial charge in [0.05, 0.1) is 12.6 Å². The maximum Gasteiger partial charge on any atom is 0.272 e. The van der Waals surface area contributed by atoms with Crippen molar-refractivity contribution in [1.82, 2.24) is 15.5 Å². The molecule has 0 unspecified atom stereocenters. The standard InChI is InChI=1S/C12H13N3O2/c1-17-8-4-5-9-10(6-8)14-15-11(9)12(16)13-7-2-3-7/h4-7H,2-3H2,1H3,(H,13,16)(H,14,15). The summed E-state index contributed by atoms with van der Waals surface area (Å²) >= 11 is 0. The zero-order valence-corrected chi connectivity index (χ0v) is 9.49. The van der Waals surface area contributed by atoms with Crippen molar-refractivity contribution in [2.75, 3.05) is 7.11 Å². The van der Waals surface area contributed by atoms with Crippen LogP contribution in [0.25, 0.3) is 10.9 Å². The number of benzene rings is 1. The second-order valence-corrected chi connectivity index (χ2v) is 4.23. The minimum Gasteiger partial charge on any atom is -0.497 e. The van der Waals surface area contributed by atoms with E-state index < -0.39 is 0 Å². The van der Waals surface area contributed by atoms with Gasteiger partial charge in [-0.25, -0.2) is 0 Å². The average molecular weight is 231 g/mol. The Hall–Kier alpha value is -2.04. The van der Waals surface area contributed by atoms with Gasteiger partial charge in [0.1, 0.15) is 5.75 Å². The number of aromatic amines is 1. The number of carbonyl (C=O) groups is 1. The van der Waals surface area contributed by atoms with Gasteiger partial charge in [0, 0.05) is 17.5 Å². The van der Waals surface area contributed by atoms with E-state index in [9.17, 15) is 4.79 Å². The normalized spacial score (nSPS) is 14.9. The molecule has 1 saturated carbocycles. The Kier molecular flexibility index (Phi) is 2.24. The summed E-state index contributed by atoms with van der Waals surface area (Å²) in [6.45, 7) is 0. The van der Waals surface area contributed by atoms with Crippen LogP contribution in [0.2, 0.25) is 0 Å². The molecular formula is C12H13N3O2. The summed E-state index contributed by atoms with van der Waals surface area (Å²) in [5, 5.41) is 10.7. The maximum atomic E-state index is 11.9. The summed E-state index contributed by atoms with van der Waals surface area (Å²) in [6, 6.07) is 5.84. The predicted molar refractivity (Wildman–Crippen MR) is 63.1 cm³/mol. The lowest BCUT2D eigenvalue weighted by atomic mass is 10.2. The zero-order valence-electron chi connectivity index (χ0n) is 9.49. The van der Waals surface area contributed by atoms with Crippen molar-refractivity contribution in [3.8, 4) is 5.75 Å². The lowest BCUT2D eigenvalue weighted by Gasteiger charge is -2.01. The SMILES string of the molecule is COc1ccc2c(C(=O)NC3CC3)n[nH]c2c1. The highest BCUT2D eigenvalue weighted by Gasteiger charge is 2.25. The van der Waals surface area contributed by atoms with Gasteiger partial charge in [0.15, 0.2) is 5.69 Å². The Labute approximate surface area is 98.2 Å². The largest absolute Gasteiger partial charge is 0.497 e. The highest BCUT2D eigenvalue weighted by Crippen LogP contribution is 2.23. The van der Waals surface area contributed by atoms with E-state index in [-0.39, 0.29) is 5.91 Å². The molecule has 0 spiro atoms. The van der Waals surface area contributed by atoms with E-state index in [1.165, 1.54) is 0 Å². The van der Waals surface area contributed by atoms with Crippen LogP contribution < -0.4 is 10.1 Å². The van der Waals surface area contributed by atoms with Crippen molar-refractivity contribution in [3.63, 3.8) is 0 Å². The van der Waals surface area contributed by atoms with Gasteiger partial charge in [-0.1, -0.05) is 0 Å². The van der Waals surface area contributed by atoms with E-state index in [2.05, 4.69) is 15.5 Å². The number of carbonyl (C=O) groups excluding carboxylic acids is 1. The second kappa shape index (κ2) is 3.76. The van der Waals surface area contributed by atoms with Gasteiger partial charge in [-0.15, -0.1) is 0 Å². The number of nitrogens with one attached hydrogen (secondary N) is 2. The van der Waals surface area contributed by atoms with Crippen LogP contribution in [0, 0.1) is 0 Å². The molecule has 1 aliphatic rings. The van der Waals surface area contributed by atoms with Crippen molar-refractivity contribution in [1.29, 1.82) is 0 Å². The van der Waals surface area contributed by atoms with Crippen LogP contribution in [-0.2, 0) is 0 Å².